The minimum absolute atomic E-state index is 0.0117. The van der Waals surface area contributed by atoms with Gasteiger partial charge in [-0.05, 0) is 60.3 Å². The van der Waals surface area contributed by atoms with Gasteiger partial charge in [-0.25, -0.2) is 8.93 Å². The Balaban J connectivity index is 1.74. The Labute approximate surface area is 227 Å². The summed E-state index contributed by atoms with van der Waals surface area (Å²) in [6.45, 7) is 1.57. The predicted octanol–water partition coefficient (Wildman–Crippen LogP) is 4.22. The molecular formula is C28H22F3N5O3S. The molecule has 0 aliphatic heterocycles. The summed E-state index contributed by atoms with van der Waals surface area (Å²) in [5.74, 6) is 2.75. The quantitative estimate of drug-likeness (QED) is 0.198. The first-order chi connectivity index (χ1) is 18.9. The van der Waals surface area contributed by atoms with Crippen molar-refractivity contribution in [3.63, 3.8) is 0 Å². The number of rotatable bonds is 7. The molecule has 0 saturated heterocycles. The molecule has 0 aliphatic carbocycles. The molecule has 1 unspecified atom stereocenters. The van der Waals surface area contributed by atoms with Gasteiger partial charge in [0.2, 0.25) is 5.43 Å². The molecule has 0 aliphatic rings. The maximum Gasteiger partial charge on any atom is 0.416 e. The van der Waals surface area contributed by atoms with E-state index in [4.69, 9.17) is 5.26 Å². The van der Waals surface area contributed by atoms with E-state index in [0.717, 1.165) is 12.1 Å². The van der Waals surface area contributed by atoms with Crippen LogP contribution in [-0.2, 0) is 22.4 Å². The molecule has 12 heteroatoms. The molecule has 1 atom stereocenters. The van der Waals surface area contributed by atoms with Gasteiger partial charge in [0.1, 0.15) is 5.56 Å². The Hall–Kier alpha value is -4.89. The predicted molar refractivity (Wildman–Crippen MR) is 145 cm³/mol. The number of carbonyl (C=O) groups excluding carboxylic acids is 1. The van der Waals surface area contributed by atoms with Crippen LogP contribution in [0, 0.1) is 18.4 Å². The number of carbonyl (C=O) groups is 1. The van der Waals surface area contributed by atoms with Gasteiger partial charge in [-0.15, -0.1) is 0 Å². The van der Waals surface area contributed by atoms with Gasteiger partial charge < -0.3 is 9.88 Å². The second kappa shape index (κ2) is 11.1. The maximum absolute atomic E-state index is 13.6. The van der Waals surface area contributed by atoms with Crippen LogP contribution in [0.2, 0.25) is 0 Å². The van der Waals surface area contributed by atoms with Crippen LogP contribution in [0.5, 0.6) is 0 Å². The average molecular weight is 566 g/mol. The Kier molecular flexibility index (Phi) is 7.79. The monoisotopic (exact) mass is 565 g/mol. The maximum atomic E-state index is 13.6. The van der Waals surface area contributed by atoms with E-state index in [-0.39, 0.29) is 28.1 Å². The summed E-state index contributed by atoms with van der Waals surface area (Å²) in [5, 5.41) is 11.4. The number of alkyl halides is 3. The minimum atomic E-state index is -4.62. The number of pyridine rings is 2. The van der Waals surface area contributed by atoms with Crippen LogP contribution in [0.1, 0.15) is 27.2 Å². The van der Waals surface area contributed by atoms with Gasteiger partial charge in [0.05, 0.1) is 32.1 Å². The number of aromatic nitrogens is 2. The number of nitriles is 1. The van der Waals surface area contributed by atoms with Gasteiger partial charge in [-0.2, -0.15) is 18.4 Å². The van der Waals surface area contributed by atoms with Crippen LogP contribution >= 0.6 is 0 Å². The number of nitrogens with one attached hydrogen (secondary N) is 2. The van der Waals surface area contributed by atoms with E-state index in [1.807, 2.05) is 0 Å². The van der Waals surface area contributed by atoms with Crippen LogP contribution < -0.4 is 15.5 Å². The Morgan fingerprint density at radius 2 is 1.88 bits per heavy atom. The van der Waals surface area contributed by atoms with Crippen LogP contribution in [0.4, 0.5) is 13.2 Å². The van der Waals surface area contributed by atoms with Crippen LogP contribution in [0.3, 0.4) is 0 Å². The van der Waals surface area contributed by atoms with Crippen molar-refractivity contribution in [3.8, 4) is 23.0 Å². The number of benzene rings is 2. The Bertz CT molecular complexity index is 1780. The van der Waals surface area contributed by atoms with E-state index in [1.165, 1.54) is 47.4 Å². The highest BCUT2D eigenvalue weighted by Crippen LogP contribution is 2.32. The summed E-state index contributed by atoms with van der Waals surface area (Å²) in [6, 6.07) is 13.9. The van der Waals surface area contributed by atoms with Crippen molar-refractivity contribution >= 4 is 21.5 Å². The van der Waals surface area contributed by atoms with E-state index >= 15 is 0 Å². The zero-order valence-electron chi connectivity index (χ0n) is 21.0. The average Bonchev–Trinajstić information content (AvgIpc) is 2.92. The van der Waals surface area contributed by atoms with Crippen molar-refractivity contribution in [1.29, 1.82) is 5.26 Å². The highest BCUT2D eigenvalue weighted by molar-refractivity contribution is 7.98. The van der Waals surface area contributed by atoms with Gasteiger partial charge in [0, 0.05) is 30.2 Å². The highest BCUT2D eigenvalue weighted by Gasteiger charge is 2.31. The van der Waals surface area contributed by atoms with Crippen LogP contribution in [-0.4, -0.2) is 25.5 Å². The van der Waals surface area contributed by atoms with Crippen molar-refractivity contribution in [2.24, 2.45) is 0 Å². The molecule has 4 aromatic rings. The highest BCUT2D eigenvalue weighted by atomic mass is 32.2. The summed E-state index contributed by atoms with van der Waals surface area (Å²) in [6.07, 6.45) is 1.34. The fourth-order valence-corrected chi connectivity index (χ4v) is 4.90. The standard InChI is InChI=1S/C28H22F3N5O3S/c1-18-25(20-5-3-6-21(13-20)28(29,30)31)26(37)24(16-36(18)22-7-4-12-33-15-22)27(38)34-14-19-8-10-23(11-9-19)40(2,39)35-17-32/h3-13,15-16H,2,14H2,1H3,(H,34,38)(H,35,39). The van der Waals surface area contributed by atoms with E-state index in [9.17, 15) is 27.0 Å². The zero-order chi connectivity index (χ0) is 29.1. The van der Waals surface area contributed by atoms with Crippen molar-refractivity contribution < 1.29 is 22.2 Å². The number of hydrogen-bond donors (Lipinski definition) is 2. The Morgan fingerprint density at radius 3 is 2.50 bits per heavy atom. The molecule has 4 rings (SSSR count). The van der Waals surface area contributed by atoms with Crippen molar-refractivity contribution in [1.82, 2.24) is 19.6 Å². The normalized spacial score (nSPS) is 12.7. The molecule has 2 heterocycles. The number of nitrogens with zero attached hydrogens (tertiary/aromatic N) is 3. The zero-order valence-corrected chi connectivity index (χ0v) is 21.8. The van der Waals surface area contributed by atoms with Gasteiger partial charge in [-0.3, -0.25) is 14.6 Å². The molecule has 0 saturated carbocycles. The van der Waals surface area contributed by atoms with Crippen molar-refractivity contribution in [2.45, 2.75) is 24.5 Å². The fraction of sp³-hybridized carbons (Fsp3) is 0.107. The molecule has 0 bridgehead atoms. The topological polar surface area (TPSA) is 117 Å². The Morgan fingerprint density at radius 1 is 1.15 bits per heavy atom. The summed E-state index contributed by atoms with van der Waals surface area (Å²) in [5.41, 5.74) is -0.548. The lowest BCUT2D eigenvalue weighted by molar-refractivity contribution is -0.137. The van der Waals surface area contributed by atoms with Crippen molar-refractivity contribution in [2.75, 3.05) is 0 Å². The lowest BCUT2D eigenvalue weighted by atomic mass is 9.98. The molecule has 204 valence electrons. The van der Waals surface area contributed by atoms with Crippen LogP contribution in [0.25, 0.3) is 16.8 Å². The van der Waals surface area contributed by atoms with E-state index < -0.39 is 32.8 Å². The summed E-state index contributed by atoms with van der Waals surface area (Å²) in [7, 11) is -3.00. The van der Waals surface area contributed by atoms with E-state index in [1.54, 1.807) is 37.4 Å². The molecule has 40 heavy (non-hydrogen) atoms. The summed E-state index contributed by atoms with van der Waals surface area (Å²) in [4.78, 5) is 31.1. The van der Waals surface area contributed by atoms with E-state index in [0.29, 0.717) is 16.9 Å². The molecule has 1 amide bonds. The number of amides is 1. The van der Waals surface area contributed by atoms with Crippen molar-refractivity contribution in [3.05, 3.63) is 112 Å². The first-order valence-electron chi connectivity index (χ1n) is 11.7. The molecule has 0 fully saturated rings. The molecule has 0 spiro atoms. The van der Waals surface area contributed by atoms with Gasteiger partial charge >= 0.3 is 6.18 Å². The molecule has 0 radical (unpaired) electrons. The SMILES string of the molecule is C=S(=O)(NC#N)c1ccc(CNC(=O)c2cn(-c3cccnc3)c(C)c(-c3cccc(C(F)(F)F)c3)c2=O)cc1. The second-order valence-corrected chi connectivity index (χ2v) is 10.7. The first-order valence-corrected chi connectivity index (χ1v) is 13.4. The fourth-order valence-electron chi connectivity index (χ4n) is 4.06. The largest absolute Gasteiger partial charge is 0.416 e. The van der Waals surface area contributed by atoms with Gasteiger partial charge in [-0.1, -0.05) is 24.3 Å². The molecular weight excluding hydrogens is 543 g/mol. The van der Waals surface area contributed by atoms with Gasteiger partial charge in [0.25, 0.3) is 5.91 Å². The third kappa shape index (κ3) is 5.89. The lowest BCUT2D eigenvalue weighted by Crippen LogP contribution is -2.30. The molecule has 2 aromatic carbocycles. The summed E-state index contributed by atoms with van der Waals surface area (Å²) >= 11 is 0. The van der Waals surface area contributed by atoms with E-state index in [2.05, 4.69) is 20.9 Å². The lowest BCUT2D eigenvalue weighted by Gasteiger charge is -2.18. The number of hydrogen-bond acceptors (Lipinski definition) is 5. The van der Waals surface area contributed by atoms with Crippen LogP contribution in [0.15, 0.2) is 88.9 Å². The smallest absolute Gasteiger partial charge is 0.348 e. The number of halogens is 3. The molecule has 2 aromatic heterocycles. The summed E-state index contributed by atoms with van der Waals surface area (Å²) < 4.78 is 56.3. The second-order valence-electron chi connectivity index (χ2n) is 8.71. The third-order valence-corrected chi connectivity index (χ3v) is 7.52. The minimum Gasteiger partial charge on any atom is -0.348 e. The molecule has 8 nitrogen and oxygen atoms in total. The van der Waals surface area contributed by atoms with Gasteiger partial charge in [0.15, 0.2) is 6.19 Å². The molecule has 2 N–H and O–H groups in total. The first kappa shape index (κ1) is 28.1. The third-order valence-electron chi connectivity index (χ3n) is 6.07.